The number of rotatable bonds is 5. The minimum absolute atomic E-state index is 0.329. The first-order valence-electron chi connectivity index (χ1n) is 7.58. The van der Waals surface area contributed by atoms with E-state index in [1.807, 2.05) is 0 Å². The van der Waals surface area contributed by atoms with Gasteiger partial charge in [0.15, 0.2) is 0 Å². The van der Waals surface area contributed by atoms with Crippen LogP contribution < -0.4 is 10.2 Å². The van der Waals surface area contributed by atoms with Gasteiger partial charge in [-0.2, -0.15) is 0 Å². The predicted octanol–water partition coefficient (Wildman–Crippen LogP) is 4.47. The highest BCUT2D eigenvalue weighted by Gasteiger charge is 2.12. The lowest BCUT2D eigenvalue weighted by molar-refractivity contribution is 0.493. The van der Waals surface area contributed by atoms with Crippen LogP contribution in [0.5, 0.6) is 0 Å². The summed E-state index contributed by atoms with van der Waals surface area (Å²) >= 11 is 0. The Balaban J connectivity index is 2.07. The number of hydrogen-bond acceptors (Lipinski definition) is 2. The summed E-state index contributed by atoms with van der Waals surface area (Å²) in [4.78, 5) is 2.12. The fraction of sp³-hybridized carbons (Fsp3) is 0.368. The van der Waals surface area contributed by atoms with E-state index in [2.05, 4.69) is 93.6 Å². The van der Waals surface area contributed by atoms with Gasteiger partial charge in [0, 0.05) is 31.9 Å². The first kappa shape index (κ1) is 15.6. The third-order valence-electron chi connectivity index (χ3n) is 4.06. The van der Waals surface area contributed by atoms with Gasteiger partial charge < -0.3 is 10.2 Å². The van der Waals surface area contributed by atoms with Crippen LogP contribution in [0.4, 0.5) is 5.69 Å². The van der Waals surface area contributed by atoms with Gasteiger partial charge in [0.05, 0.1) is 0 Å². The van der Waals surface area contributed by atoms with E-state index in [1.54, 1.807) is 0 Å². The molecule has 2 heteroatoms. The quantitative estimate of drug-likeness (QED) is 0.870. The van der Waals surface area contributed by atoms with Crippen molar-refractivity contribution >= 4 is 5.69 Å². The fourth-order valence-electron chi connectivity index (χ4n) is 2.69. The normalized spacial score (nSPS) is 13.8. The maximum Gasteiger partial charge on any atom is 0.0361 e. The molecule has 0 amide bonds. The summed E-state index contributed by atoms with van der Waals surface area (Å²) in [7, 11) is 4.13. The van der Waals surface area contributed by atoms with Crippen LogP contribution in [-0.4, -0.2) is 14.1 Å². The van der Waals surface area contributed by atoms with E-state index < -0.39 is 0 Å². The molecule has 1 unspecified atom stereocenters. The van der Waals surface area contributed by atoms with Gasteiger partial charge in [-0.3, -0.25) is 0 Å². The zero-order chi connectivity index (χ0) is 15.4. The van der Waals surface area contributed by atoms with Crippen LogP contribution in [0.25, 0.3) is 0 Å². The summed E-state index contributed by atoms with van der Waals surface area (Å²) in [5.74, 6) is 0. The molecule has 0 bridgehead atoms. The molecular weight excluding hydrogens is 256 g/mol. The lowest BCUT2D eigenvalue weighted by Crippen LogP contribution is -2.23. The summed E-state index contributed by atoms with van der Waals surface area (Å²) in [6, 6.07) is 18.0. The van der Waals surface area contributed by atoms with Crippen molar-refractivity contribution in [2.75, 3.05) is 19.0 Å². The van der Waals surface area contributed by atoms with E-state index in [-0.39, 0.29) is 0 Å². The third kappa shape index (κ3) is 3.85. The molecular formula is C19H26N2. The minimum atomic E-state index is 0.329. The number of nitrogens with one attached hydrogen (secondary N) is 1. The molecule has 112 valence electrons. The van der Waals surface area contributed by atoms with Crippen LogP contribution in [0, 0.1) is 6.92 Å². The van der Waals surface area contributed by atoms with Gasteiger partial charge in [-0.05, 0) is 49.6 Å². The highest BCUT2D eigenvalue weighted by atomic mass is 15.1. The van der Waals surface area contributed by atoms with Gasteiger partial charge in [-0.25, -0.2) is 0 Å². The second-order valence-electron chi connectivity index (χ2n) is 5.95. The standard InChI is InChI=1S/C19H26N2/c1-14-8-6-7-9-19(14)16(3)20-15(2)17-10-12-18(13-11-17)21(4)5/h6-13,15-16,20H,1-5H3/t15?,16-/m0/s1. The zero-order valence-corrected chi connectivity index (χ0v) is 13.7. The molecule has 0 fully saturated rings. The fourth-order valence-corrected chi connectivity index (χ4v) is 2.69. The van der Waals surface area contributed by atoms with Crippen LogP contribution in [0.3, 0.4) is 0 Å². The highest BCUT2D eigenvalue weighted by Crippen LogP contribution is 2.23. The smallest absolute Gasteiger partial charge is 0.0361 e. The van der Waals surface area contributed by atoms with Gasteiger partial charge in [-0.1, -0.05) is 36.4 Å². The molecule has 2 rings (SSSR count). The van der Waals surface area contributed by atoms with Crippen LogP contribution in [0.1, 0.15) is 42.6 Å². The largest absolute Gasteiger partial charge is 0.378 e. The van der Waals surface area contributed by atoms with E-state index in [0.29, 0.717) is 12.1 Å². The first-order valence-corrected chi connectivity index (χ1v) is 7.58. The predicted molar refractivity (Wildman–Crippen MR) is 91.9 cm³/mol. The molecule has 0 aliphatic rings. The van der Waals surface area contributed by atoms with Crippen LogP contribution in [0.2, 0.25) is 0 Å². The summed E-state index contributed by atoms with van der Waals surface area (Å²) < 4.78 is 0. The van der Waals surface area contributed by atoms with Crippen LogP contribution >= 0.6 is 0 Å². The van der Waals surface area contributed by atoms with Crippen molar-refractivity contribution in [2.24, 2.45) is 0 Å². The first-order chi connectivity index (χ1) is 9.99. The Labute approximate surface area is 128 Å². The van der Waals surface area contributed by atoms with E-state index in [9.17, 15) is 0 Å². The second kappa shape index (κ2) is 6.77. The molecule has 0 saturated heterocycles. The average molecular weight is 282 g/mol. The van der Waals surface area contributed by atoms with Gasteiger partial charge in [0.1, 0.15) is 0 Å². The summed E-state index contributed by atoms with van der Waals surface area (Å²) in [6.45, 7) is 6.62. The average Bonchev–Trinajstić information content (AvgIpc) is 2.47. The van der Waals surface area contributed by atoms with Gasteiger partial charge in [0.2, 0.25) is 0 Å². The van der Waals surface area contributed by atoms with Crippen molar-refractivity contribution < 1.29 is 0 Å². The molecule has 0 saturated carbocycles. The number of aryl methyl sites for hydroxylation is 1. The van der Waals surface area contributed by atoms with Gasteiger partial charge in [0.25, 0.3) is 0 Å². The molecule has 0 aliphatic carbocycles. The molecule has 2 aromatic carbocycles. The van der Waals surface area contributed by atoms with Gasteiger partial charge >= 0.3 is 0 Å². The summed E-state index contributed by atoms with van der Waals surface area (Å²) in [5.41, 5.74) is 5.26. The number of benzene rings is 2. The van der Waals surface area contributed by atoms with E-state index in [0.717, 1.165) is 0 Å². The molecule has 0 radical (unpaired) electrons. The van der Waals surface area contributed by atoms with Crippen molar-refractivity contribution in [2.45, 2.75) is 32.9 Å². The molecule has 2 nitrogen and oxygen atoms in total. The number of hydrogen-bond donors (Lipinski definition) is 1. The van der Waals surface area contributed by atoms with Crippen molar-refractivity contribution in [1.82, 2.24) is 5.32 Å². The Morgan fingerprint density at radius 2 is 1.48 bits per heavy atom. The summed E-state index contributed by atoms with van der Waals surface area (Å²) in [6.07, 6.45) is 0. The lowest BCUT2D eigenvalue weighted by Gasteiger charge is -2.23. The Hall–Kier alpha value is -1.80. The number of anilines is 1. The second-order valence-corrected chi connectivity index (χ2v) is 5.95. The topological polar surface area (TPSA) is 15.3 Å². The maximum atomic E-state index is 3.69. The molecule has 0 heterocycles. The monoisotopic (exact) mass is 282 g/mol. The van der Waals surface area contributed by atoms with Crippen molar-refractivity contribution in [3.05, 3.63) is 65.2 Å². The van der Waals surface area contributed by atoms with E-state index in [4.69, 9.17) is 0 Å². The van der Waals surface area contributed by atoms with Crippen molar-refractivity contribution in [3.63, 3.8) is 0 Å². The van der Waals surface area contributed by atoms with Gasteiger partial charge in [-0.15, -0.1) is 0 Å². The Morgan fingerprint density at radius 3 is 2.05 bits per heavy atom. The molecule has 21 heavy (non-hydrogen) atoms. The van der Waals surface area contributed by atoms with Crippen molar-refractivity contribution in [1.29, 1.82) is 0 Å². The SMILES string of the molecule is Cc1ccccc1[C@H](C)NC(C)c1ccc(N(C)C)cc1. The molecule has 2 aromatic rings. The van der Waals surface area contributed by atoms with E-state index in [1.165, 1.54) is 22.4 Å². The Morgan fingerprint density at radius 1 is 0.857 bits per heavy atom. The highest BCUT2D eigenvalue weighted by molar-refractivity contribution is 5.46. The Bertz CT molecular complexity index is 572. The molecule has 0 spiro atoms. The van der Waals surface area contributed by atoms with Crippen LogP contribution in [-0.2, 0) is 0 Å². The van der Waals surface area contributed by atoms with E-state index >= 15 is 0 Å². The molecule has 1 N–H and O–H groups in total. The summed E-state index contributed by atoms with van der Waals surface area (Å²) in [5, 5.41) is 3.69. The Kier molecular flexibility index (Phi) is 5.03. The molecule has 2 atom stereocenters. The maximum absolute atomic E-state index is 3.69. The molecule has 0 aliphatic heterocycles. The van der Waals surface area contributed by atoms with Crippen molar-refractivity contribution in [3.8, 4) is 0 Å². The lowest BCUT2D eigenvalue weighted by atomic mass is 10.0. The minimum Gasteiger partial charge on any atom is -0.378 e. The molecule has 0 aromatic heterocycles. The van der Waals surface area contributed by atoms with Crippen LogP contribution in [0.15, 0.2) is 48.5 Å². The third-order valence-corrected chi connectivity index (χ3v) is 4.06. The number of nitrogens with zero attached hydrogens (tertiary/aromatic N) is 1. The zero-order valence-electron chi connectivity index (χ0n) is 13.7.